The minimum Gasteiger partial charge on any atom is -0.367 e. The molecule has 0 bridgehead atoms. The van der Waals surface area contributed by atoms with Crippen molar-refractivity contribution in [1.82, 2.24) is 9.80 Å². The van der Waals surface area contributed by atoms with E-state index in [9.17, 15) is 14.4 Å². The lowest BCUT2D eigenvalue weighted by Crippen LogP contribution is -2.50. The van der Waals surface area contributed by atoms with Gasteiger partial charge < -0.3 is 25.3 Å². The average molecular weight is 540 g/mol. The first-order valence-corrected chi connectivity index (χ1v) is 14.0. The van der Waals surface area contributed by atoms with E-state index in [1.807, 2.05) is 73.7 Å². The van der Waals surface area contributed by atoms with E-state index in [1.165, 1.54) is 0 Å². The van der Waals surface area contributed by atoms with Crippen molar-refractivity contribution in [3.63, 3.8) is 0 Å². The number of carbonyl (C=O) groups is 3. The Labute approximate surface area is 236 Å². The summed E-state index contributed by atoms with van der Waals surface area (Å²) in [5, 5.41) is 6.00. The van der Waals surface area contributed by atoms with Gasteiger partial charge in [0.05, 0.1) is 5.56 Å². The van der Waals surface area contributed by atoms with Crippen LogP contribution < -0.4 is 15.5 Å². The van der Waals surface area contributed by atoms with Gasteiger partial charge in [-0.2, -0.15) is 0 Å². The molecule has 8 nitrogen and oxygen atoms in total. The van der Waals surface area contributed by atoms with Crippen molar-refractivity contribution in [2.45, 2.75) is 32.7 Å². The smallest absolute Gasteiger partial charge is 0.321 e. The molecule has 0 unspecified atom stereocenters. The quantitative estimate of drug-likeness (QED) is 0.423. The number of anilines is 3. The maximum Gasteiger partial charge on any atom is 0.321 e. The molecule has 0 atom stereocenters. The van der Waals surface area contributed by atoms with Crippen LogP contribution in [0.15, 0.2) is 72.8 Å². The Morgan fingerprint density at radius 3 is 2.25 bits per heavy atom. The van der Waals surface area contributed by atoms with Crippen molar-refractivity contribution in [2.75, 3.05) is 48.8 Å². The highest BCUT2D eigenvalue weighted by Crippen LogP contribution is 2.30. The Bertz CT molecular complexity index is 1360. The van der Waals surface area contributed by atoms with E-state index in [-0.39, 0.29) is 23.8 Å². The number of piperazine rings is 1. The van der Waals surface area contributed by atoms with E-state index in [1.54, 1.807) is 22.9 Å². The van der Waals surface area contributed by atoms with Crippen molar-refractivity contribution < 1.29 is 14.4 Å². The van der Waals surface area contributed by atoms with Gasteiger partial charge in [-0.25, -0.2) is 4.79 Å². The van der Waals surface area contributed by atoms with Crippen molar-refractivity contribution in [3.05, 3.63) is 89.5 Å². The number of benzene rings is 3. The number of carbonyl (C=O) groups excluding carboxylic acids is 3. The minimum atomic E-state index is -0.127. The molecule has 8 heteroatoms. The molecule has 3 aromatic rings. The van der Waals surface area contributed by atoms with Gasteiger partial charge in [0.15, 0.2) is 0 Å². The first-order chi connectivity index (χ1) is 19.4. The number of aryl methyl sites for hydroxylation is 1. The number of nitrogens with one attached hydrogen (secondary N) is 2. The van der Waals surface area contributed by atoms with Crippen LogP contribution in [0.1, 0.15) is 40.7 Å². The van der Waals surface area contributed by atoms with Crippen LogP contribution in [0.4, 0.5) is 21.9 Å². The van der Waals surface area contributed by atoms with E-state index in [4.69, 9.17) is 0 Å². The fourth-order valence-electron chi connectivity index (χ4n) is 5.19. The first-order valence-electron chi connectivity index (χ1n) is 14.0. The lowest BCUT2D eigenvalue weighted by atomic mass is 9.85. The van der Waals surface area contributed by atoms with Gasteiger partial charge in [-0.15, -0.1) is 0 Å². The molecule has 4 amide bonds. The monoisotopic (exact) mass is 539 g/mol. The molecule has 1 saturated carbocycles. The Kier molecular flexibility index (Phi) is 8.34. The van der Waals surface area contributed by atoms with Crippen LogP contribution in [-0.2, 0) is 11.3 Å². The highest BCUT2D eigenvalue weighted by Gasteiger charge is 2.28. The molecule has 0 aromatic heterocycles. The number of rotatable bonds is 7. The Morgan fingerprint density at radius 2 is 1.57 bits per heavy atom. The third kappa shape index (κ3) is 6.45. The van der Waals surface area contributed by atoms with Gasteiger partial charge in [-0.05, 0) is 61.2 Å². The maximum atomic E-state index is 13.8. The lowest BCUT2D eigenvalue weighted by Gasteiger charge is -2.37. The number of hydrogen-bond acceptors (Lipinski definition) is 4. The van der Waals surface area contributed by atoms with Gasteiger partial charge in [-0.3, -0.25) is 9.59 Å². The lowest BCUT2D eigenvalue weighted by molar-refractivity contribution is -0.122. The molecule has 1 aliphatic heterocycles. The van der Waals surface area contributed by atoms with Crippen LogP contribution in [0.25, 0.3) is 0 Å². The summed E-state index contributed by atoms with van der Waals surface area (Å²) in [6.45, 7) is 4.73. The molecule has 0 radical (unpaired) electrons. The number of nitrogens with zero attached hydrogens (tertiary/aromatic N) is 3. The topological polar surface area (TPSA) is 85.0 Å². The average Bonchev–Trinajstić information content (AvgIpc) is 2.92. The van der Waals surface area contributed by atoms with Crippen molar-refractivity contribution in [2.24, 2.45) is 5.92 Å². The highest BCUT2D eigenvalue weighted by atomic mass is 16.2. The molecule has 2 fully saturated rings. The number of amides is 4. The minimum absolute atomic E-state index is 0.0169. The summed E-state index contributed by atoms with van der Waals surface area (Å²) < 4.78 is 0. The zero-order chi connectivity index (χ0) is 28.1. The molecule has 1 heterocycles. The van der Waals surface area contributed by atoms with Crippen LogP contribution in [0.2, 0.25) is 0 Å². The van der Waals surface area contributed by atoms with Crippen molar-refractivity contribution in [3.8, 4) is 0 Å². The molecule has 208 valence electrons. The van der Waals surface area contributed by atoms with E-state index < -0.39 is 0 Å². The fourth-order valence-corrected chi connectivity index (χ4v) is 5.19. The van der Waals surface area contributed by atoms with Gasteiger partial charge in [0, 0.05) is 62.8 Å². The van der Waals surface area contributed by atoms with E-state index >= 15 is 0 Å². The molecule has 40 heavy (non-hydrogen) atoms. The summed E-state index contributed by atoms with van der Waals surface area (Å²) in [5.74, 6) is -0.0416. The van der Waals surface area contributed by atoms with Gasteiger partial charge in [0.1, 0.15) is 0 Å². The van der Waals surface area contributed by atoms with Crippen molar-refractivity contribution >= 4 is 34.9 Å². The largest absolute Gasteiger partial charge is 0.367 e. The normalized spacial score (nSPS) is 15.2. The maximum absolute atomic E-state index is 13.8. The molecule has 1 aliphatic carbocycles. The summed E-state index contributed by atoms with van der Waals surface area (Å²) in [5.41, 5.74) is 4.90. The van der Waals surface area contributed by atoms with Crippen LogP contribution >= 0.6 is 0 Å². The molecule has 0 spiro atoms. The Morgan fingerprint density at radius 1 is 0.850 bits per heavy atom. The van der Waals surface area contributed by atoms with E-state index in [0.29, 0.717) is 44.0 Å². The van der Waals surface area contributed by atoms with Crippen LogP contribution in [-0.4, -0.2) is 60.9 Å². The molecule has 5 rings (SSSR count). The predicted molar refractivity (Wildman–Crippen MR) is 159 cm³/mol. The first kappa shape index (κ1) is 27.2. The molecule has 2 N–H and O–H groups in total. The molecule has 2 aliphatic rings. The van der Waals surface area contributed by atoms with E-state index in [2.05, 4.69) is 15.5 Å². The number of urea groups is 1. The van der Waals surface area contributed by atoms with E-state index in [0.717, 1.165) is 41.8 Å². The summed E-state index contributed by atoms with van der Waals surface area (Å²) in [4.78, 5) is 44.9. The second kappa shape index (κ2) is 12.2. The van der Waals surface area contributed by atoms with Crippen LogP contribution in [0.3, 0.4) is 0 Å². The standard InChI is InChI=1S/C32H37N5O3/c1-23-8-6-13-26(20-23)34-32(40)37-18-16-36(17-19-37)29-15-14-27(33-30(38)25-11-7-12-25)21-28(29)31(39)35(2)22-24-9-4-3-5-10-24/h3-6,8-10,13-15,20-21,25H,7,11-12,16-19,22H2,1-2H3,(H,33,38)(H,34,40). The van der Waals surface area contributed by atoms with Gasteiger partial charge in [-0.1, -0.05) is 48.9 Å². The predicted octanol–water partition coefficient (Wildman–Crippen LogP) is 5.36. The Balaban J connectivity index is 1.31. The summed E-state index contributed by atoms with van der Waals surface area (Å²) >= 11 is 0. The SMILES string of the molecule is Cc1cccc(NC(=O)N2CCN(c3ccc(NC(=O)C4CCC4)cc3C(=O)N(C)Cc3ccccc3)CC2)c1. The van der Waals surface area contributed by atoms with Crippen LogP contribution in [0.5, 0.6) is 0 Å². The second-order valence-electron chi connectivity index (χ2n) is 10.8. The molecular weight excluding hydrogens is 502 g/mol. The highest BCUT2D eigenvalue weighted by molar-refractivity contribution is 6.02. The summed E-state index contributed by atoms with van der Waals surface area (Å²) in [7, 11) is 1.80. The zero-order valence-electron chi connectivity index (χ0n) is 23.2. The van der Waals surface area contributed by atoms with Gasteiger partial charge in [0.2, 0.25) is 5.91 Å². The van der Waals surface area contributed by atoms with Crippen LogP contribution in [0, 0.1) is 12.8 Å². The zero-order valence-corrected chi connectivity index (χ0v) is 23.2. The van der Waals surface area contributed by atoms with Gasteiger partial charge in [0.25, 0.3) is 5.91 Å². The third-order valence-corrected chi connectivity index (χ3v) is 7.76. The summed E-state index contributed by atoms with van der Waals surface area (Å²) in [6, 6.07) is 23.1. The fraction of sp³-hybridized carbons (Fsp3) is 0.344. The third-order valence-electron chi connectivity index (χ3n) is 7.76. The molecule has 1 saturated heterocycles. The summed E-state index contributed by atoms with van der Waals surface area (Å²) in [6.07, 6.45) is 2.91. The van der Waals surface area contributed by atoms with Gasteiger partial charge >= 0.3 is 6.03 Å². The Hall–Kier alpha value is -4.33. The van der Waals surface area contributed by atoms with Crippen molar-refractivity contribution in [1.29, 1.82) is 0 Å². The molecular formula is C32H37N5O3. The second-order valence-corrected chi connectivity index (χ2v) is 10.8. The molecule has 3 aromatic carbocycles. The number of hydrogen-bond donors (Lipinski definition) is 2.